The van der Waals surface area contributed by atoms with Gasteiger partial charge in [0.25, 0.3) is 5.91 Å². The molecule has 1 atom stereocenters. The minimum atomic E-state index is -0.181. The molecule has 3 N–H and O–H groups in total. The summed E-state index contributed by atoms with van der Waals surface area (Å²) in [5.41, 5.74) is 0.653. The van der Waals surface area contributed by atoms with Gasteiger partial charge in [-0.15, -0.1) is 0 Å². The lowest BCUT2D eigenvalue weighted by Crippen LogP contribution is -2.30. The van der Waals surface area contributed by atoms with Gasteiger partial charge < -0.3 is 25.4 Å². The molecule has 9 heteroatoms. The second-order valence-corrected chi connectivity index (χ2v) is 9.51. The molecular formula is C23H35N3O4S2. The molecule has 7 nitrogen and oxygen atoms in total. The van der Waals surface area contributed by atoms with Crippen LogP contribution < -0.4 is 16.0 Å². The summed E-state index contributed by atoms with van der Waals surface area (Å²) in [5.74, 6) is 5.92. The molecule has 0 saturated carbocycles. The maximum atomic E-state index is 12.0. The van der Waals surface area contributed by atoms with Crippen LogP contribution in [0.1, 0.15) is 37.6 Å². The zero-order chi connectivity index (χ0) is 23.6. The molecule has 0 fully saturated rings. The summed E-state index contributed by atoms with van der Waals surface area (Å²) in [6.07, 6.45) is 0.846. The molecule has 178 valence electrons. The average Bonchev–Trinajstić information content (AvgIpc) is 2.78. The lowest BCUT2D eigenvalue weighted by molar-refractivity contribution is -0.126. The standard InChI is InChI=1S/C23H35N3O4S2/c1-5-22(30-16-15-29-17-21(27)25-12-6-7-18(2)3)32-31-20-10-8-19(9-11-20)23(28)26-14-13-24-4/h8-11,18,22,24H,5,12-17H2,1-4H3,(H,25,27)(H,26,28). The highest BCUT2D eigenvalue weighted by Gasteiger charge is 2.10. The quantitative estimate of drug-likeness (QED) is 0.154. The van der Waals surface area contributed by atoms with E-state index < -0.39 is 0 Å². The largest absolute Gasteiger partial charge is 0.369 e. The van der Waals surface area contributed by atoms with Gasteiger partial charge in [-0.2, -0.15) is 0 Å². The Labute approximate surface area is 199 Å². The topological polar surface area (TPSA) is 88.7 Å². The summed E-state index contributed by atoms with van der Waals surface area (Å²) in [6.45, 7) is 8.50. The monoisotopic (exact) mass is 481 g/mol. The third-order valence-electron chi connectivity index (χ3n) is 3.89. The predicted molar refractivity (Wildman–Crippen MR) is 133 cm³/mol. The molecule has 32 heavy (non-hydrogen) atoms. The molecule has 1 aromatic rings. The van der Waals surface area contributed by atoms with Crippen molar-refractivity contribution in [1.29, 1.82) is 0 Å². The zero-order valence-corrected chi connectivity index (χ0v) is 21.0. The highest BCUT2D eigenvalue weighted by molar-refractivity contribution is 8.76. The van der Waals surface area contributed by atoms with Crippen LogP contribution in [0.3, 0.4) is 0 Å². The molecule has 2 amide bonds. The predicted octanol–water partition coefficient (Wildman–Crippen LogP) is 2.92. The SMILES string of the molecule is CCC(OCCOCC(=O)NCC#CC(C)C)SSc1ccc(C(=O)NCCNC)cc1. The molecule has 0 aromatic heterocycles. The van der Waals surface area contributed by atoms with E-state index >= 15 is 0 Å². The Bertz CT molecular complexity index is 733. The van der Waals surface area contributed by atoms with Crippen LogP contribution in [0.5, 0.6) is 0 Å². The minimum Gasteiger partial charge on any atom is -0.369 e. The van der Waals surface area contributed by atoms with Crippen molar-refractivity contribution in [2.75, 3.05) is 46.5 Å². The molecule has 0 radical (unpaired) electrons. The first kappa shape index (κ1) is 28.3. The van der Waals surface area contributed by atoms with Crippen molar-refractivity contribution in [2.45, 2.75) is 37.5 Å². The number of rotatable bonds is 15. The van der Waals surface area contributed by atoms with Gasteiger partial charge in [-0.1, -0.05) is 54.2 Å². The third-order valence-corrected chi connectivity index (χ3v) is 6.65. The molecule has 0 aliphatic rings. The van der Waals surface area contributed by atoms with Crippen molar-refractivity contribution >= 4 is 33.4 Å². The Morgan fingerprint density at radius 2 is 1.84 bits per heavy atom. The summed E-state index contributed by atoms with van der Waals surface area (Å²) >= 11 is 0. The Hall–Kier alpha value is -1.70. The summed E-state index contributed by atoms with van der Waals surface area (Å²) in [4.78, 5) is 24.7. The van der Waals surface area contributed by atoms with Crippen molar-refractivity contribution in [3.63, 3.8) is 0 Å². The van der Waals surface area contributed by atoms with E-state index in [0.717, 1.165) is 17.9 Å². The number of hydrogen-bond acceptors (Lipinski definition) is 7. The smallest absolute Gasteiger partial charge is 0.251 e. The van der Waals surface area contributed by atoms with Gasteiger partial charge in [0, 0.05) is 29.5 Å². The molecule has 0 heterocycles. The molecule has 1 rings (SSSR count). The molecule has 0 saturated heterocycles. The van der Waals surface area contributed by atoms with Crippen LogP contribution in [0.4, 0.5) is 0 Å². The highest BCUT2D eigenvalue weighted by atomic mass is 33.1. The molecular weight excluding hydrogens is 446 g/mol. The van der Waals surface area contributed by atoms with E-state index in [2.05, 4.69) is 34.7 Å². The Morgan fingerprint density at radius 3 is 2.50 bits per heavy atom. The van der Waals surface area contributed by atoms with Gasteiger partial charge >= 0.3 is 0 Å². The molecule has 0 spiro atoms. The van der Waals surface area contributed by atoms with Crippen molar-refractivity contribution in [3.05, 3.63) is 29.8 Å². The van der Waals surface area contributed by atoms with Crippen LogP contribution >= 0.6 is 21.6 Å². The number of likely N-dealkylation sites (N-methyl/N-ethyl adjacent to an activating group) is 1. The zero-order valence-electron chi connectivity index (χ0n) is 19.4. The summed E-state index contributed by atoms with van der Waals surface area (Å²) in [7, 11) is 5.08. The normalized spacial score (nSPS) is 11.5. The van der Waals surface area contributed by atoms with Crippen LogP contribution in [-0.4, -0.2) is 63.8 Å². The summed E-state index contributed by atoms with van der Waals surface area (Å²) in [6, 6.07) is 7.52. The fraction of sp³-hybridized carbons (Fsp3) is 0.565. The molecule has 0 aliphatic carbocycles. The summed E-state index contributed by atoms with van der Waals surface area (Å²) < 4.78 is 11.2. The summed E-state index contributed by atoms with van der Waals surface area (Å²) in [5, 5.41) is 8.55. The van der Waals surface area contributed by atoms with E-state index in [4.69, 9.17) is 9.47 Å². The first-order valence-electron chi connectivity index (χ1n) is 10.8. The van der Waals surface area contributed by atoms with E-state index in [-0.39, 0.29) is 23.9 Å². The van der Waals surface area contributed by atoms with Gasteiger partial charge in [0.15, 0.2) is 0 Å². The Morgan fingerprint density at radius 1 is 1.09 bits per heavy atom. The third kappa shape index (κ3) is 13.7. The average molecular weight is 482 g/mol. The van der Waals surface area contributed by atoms with E-state index in [1.54, 1.807) is 21.6 Å². The van der Waals surface area contributed by atoms with Gasteiger partial charge in [-0.3, -0.25) is 9.59 Å². The molecule has 1 aromatic carbocycles. The number of carbonyl (C=O) groups is 2. The van der Waals surface area contributed by atoms with Crippen LogP contribution in [0.15, 0.2) is 29.2 Å². The van der Waals surface area contributed by atoms with Crippen LogP contribution in [0, 0.1) is 17.8 Å². The second kappa shape index (κ2) is 17.8. The number of hydrogen-bond donors (Lipinski definition) is 3. The first-order valence-corrected chi connectivity index (χ1v) is 13.0. The van der Waals surface area contributed by atoms with Gasteiger partial charge in [0.05, 0.1) is 19.8 Å². The molecule has 1 unspecified atom stereocenters. The van der Waals surface area contributed by atoms with Crippen LogP contribution in [0.2, 0.25) is 0 Å². The number of benzene rings is 1. The number of carbonyl (C=O) groups excluding carboxylic acids is 2. The fourth-order valence-electron chi connectivity index (χ4n) is 2.24. The Balaban J connectivity index is 2.21. The minimum absolute atomic E-state index is 0.000283. The number of nitrogens with one attached hydrogen (secondary N) is 3. The van der Waals surface area contributed by atoms with Gasteiger partial charge in [0.2, 0.25) is 5.91 Å². The van der Waals surface area contributed by atoms with Gasteiger partial charge in [-0.25, -0.2) is 0 Å². The fourth-order valence-corrected chi connectivity index (χ4v) is 4.56. The van der Waals surface area contributed by atoms with Crippen molar-refractivity contribution in [1.82, 2.24) is 16.0 Å². The van der Waals surface area contributed by atoms with Crippen LogP contribution in [-0.2, 0) is 14.3 Å². The molecule has 0 bridgehead atoms. The van der Waals surface area contributed by atoms with E-state index in [0.29, 0.717) is 37.8 Å². The van der Waals surface area contributed by atoms with E-state index in [9.17, 15) is 9.59 Å². The van der Waals surface area contributed by atoms with Gasteiger partial charge in [0.1, 0.15) is 12.0 Å². The lowest BCUT2D eigenvalue weighted by Gasteiger charge is -2.15. The second-order valence-electron chi connectivity index (χ2n) is 7.08. The van der Waals surface area contributed by atoms with Crippen molar-refractivity contribution in [3.8, 4) is 11.8 Å². The van der Waals surface area contributed by atoms with Gasteiger partial charge in [-0.05, 0) is 37.7 Å². The van der Waals surface area contributed by atoms with Crippen molar-refractivity contribution in [2.24, 2.45) is 5.92 Å². The highest BCUT2D eigenvalue weighted by Crippen LogP contribution is 2.36. The maximum Gasteiger partial charge on any atom is 0.251 e. The van der Waals surface area contributed by atoms with Crippen molar-refractivity contribution < 1.29 is 19.1 Å². The maximum absolute atomic E-state index is 12.0. The first-order chi connectivity index (χ1) is 15.5. The van der Waals surface area contributed by atoms with E-state index in [1.165, 1.54) is 0 Å². The van der Waals surface area contributed by atoms with E-state index in [1.807, 2.05) is 45.2 Å². The lowest BCUT2D eigenvalue weighted by atomic mass is 10.2. The number of amides is 2. The molecule has 0 aliphatic heterocycles. The number of ether oxygens (including phenoxy) is 2. The van der Waals surface area contributed by atoms with Crippen LogP contribution in [0.25, 0.3) is 0 Å². The Kier molecular flexibility index (Phi) is 15.8.